The molecule has 3 N–H and O–H groups in total. The van der Waals surface area contributed by atoms with Gasteiger partial charge in [0, 0.05) is 18.3 Å². The number of carbonyl (C=O) groups is 1. The quantitative estimate of drug-likeness (QED) is 0.436. The molecule has 0 radical (unpaired) electrons. The Morgan fingerprint density at radius 2 is 1.96 bits per heavy atom. The van der Waals surface area contributed by atoms with Crippen molar-refractivity contribution < 1.29 is 22.7 Å². The summed E-state index contributed by atoms with van der Waals surface area (Å²) in [5, 5.41) is 1.69. The molecule has 0 aromatic heterocycles. The van der Waals surface area contributed by atoms with Crippen LogP contribution in [0.15, 0.2) is 41.7 Å². The molecule has 0 aliphatic carbocycles. The number of nitrogens with zero attached hydrogens (tertiary/aromatic N) is 1. The highest BCUT2D eigenvalue weighted by atomic mass is 35.5. The van der Waals surface area contributed by atoms with Gasteiger partial charge in [0.1, 0.15) is 0 Å². The van der Waals surface area contributed by atoms with Gasteiger partial charge in [-0.25, -0.2) is 4.79 Å². The second kappa shape index (κ2) is 8.77. The zero-order valence-corrected chi connectivity index (χ0v) is 14.5. The first-order valence-corrected chi connectivity index (χ1v) is 7.45. The van der Waals surface area contributed by atoms with E-state index >= 15 is 0 Å². The molecule has 0 atom stereocenters. The molecule has 136 valence electrons. The Hall–Kier alpha value is -2.19. The van der Waals surface area contributed by atoms with Gasteiger partial charge in [-0.1, -0.05) is 29.3 Å². The average Bonchev–Trinajstić information content (AvgIpc) is 2.47. The number of nitrogens with one attached hydrogen (secondary N) is 1. The number of allylic oxidation sites excluding steroid dienone is 1. The molecule has 0 heterocycles. The number of benzene rings is 1. The van der Waals surface area contributed by atoms with Crippen molar-refractivity contribution in [2.75, 3.05) is 6.54 Å². The lowest BCUT2D eigenvalue weighted by atomic mass is 10.2. The first-order chi connectivity index (χ1) is 11.5. The monoisotopic (exact) mass is 395 g/mol. The van der Waals surface area contributed by atoms with Gasteiger partial charge in [0.2, 0.25) is 0 Å². The minimum atomic E-state index is -4.60. The van der Waals surface area contributed by atoms with Gasteiger partial charge in [-0.15, -0.1) is 6.58 Å². The van der Waals surface area contributed by atoms with Crippen molar-refractivity contribution in [2.24, 2.45) is 10.7 Å². The number of halogens is 5. The van der Waals surface area contributed by atoms with Crippen molar-refractivity contribution in [3.63, 3.8) is 0 Å². The Kier molecular flexibility index (Phi) is 7.32. The third-order valence-corrected chi connectivity index (χ3v) is 3.13. The number of alkyl halides is 3. The number of aliphatic imine (C=N–C) groups is 1. The molecule has 10 heteroatoms. The maximum atomic E-state index is 12.7. The van der Waals surface area contributed by atoms with Gasteiger partial charge in [0.25, 0.3) is 0 Å². The summed E-state index contributed by atoms with van der Waals surface area (Å²) >= 11 is 11.5. The molecule has 1 rings (SSSR count). The van der Waals surface area contributed by atoms with E-state index in [1.807, 2.05) is 0 Å². The fourth-order valence-corrected chi connectivity index (χ4v) is 2.13. The molecule has 1 aromatic carbocycles. The number of amides is 2. The van der Waals surface area contributed by atoms with Crippen molar-refractivity contribution in [3.05, 3.63) is 52.4 Å². The number of hydrogen-bond donors (Lipinski definition) is 2. The van der Waals surface area contributed by atoms with E-state index in [-0.39, 0.29) is 33.9 Å². The van der Waals surface area contributed by atoms with Crippen LogP contribution in [0.4, 0.5) is 18.0 Å². The fraction of sp³-hybridized carbons (Fsp3) is 0.200. The summed E-state index contributed by atoms with van der Waals surface area (Å²) in [6.07, 6.45) is -1.93. The summed E-state index contributed by atoms with van der Waals surface area (Å²) < 4.78 is 43.2. The van der Waals surface area contributed by atoms with E-state index in [1.54, 1.807) is 0 Å². The Morgan fingerprint density at radius 1 is 1.40 bits per heavy atom. The van der Waals surface area contributed by atoms with Crippen molar-refractivity contribution in [1.82, 2.24) is 5.32 Å². The lowest BCUT2D eigenvalue weighted by Gasteiger charge is -2.13. The summed E-state index contributed by atoms with van der Waals surface area (Å²) in [5.41, 5.74) is 4.79. The van der Waals surface area contributed by atoms with Gasteiger partial charge in [-0.05, 0) is 19.1 Å². The number of ether oxygens (including phenoxy) is 1. The van der Waals surface area contributed by atoms with Crippen molar-refractivity contribution in [1.29, 1.82) is 0 Å². The summed E-state index contributed by atoms with van der Waals surface area (Å²) in [4.78, 5) is 15.0. The number of carbonyl (C=O) groups excluding carboxylic acids is 1. The summed E-state index contributed by atoms with van der Waals surface area (Å²) in [6.45, 7) is 5.14. The van der Waals surface area contributed by atoms with Crippen LogP contribution in [0, 0.1) is 0 Å². The number of urea groups is 1. The molecule has 0 spiro atoms. The largest absolute Gasteiger partial charge is 0.438 e. The first kappa shape index (κ1) is 20.9. The third-order valence-electron chi connectivity index (χ3n) is 2.57. The maximum Gasteiger partial charge on any atom is 0.416 e. The minimum absolute atomic E-state index is 0.193. The van der Waals surface area contributed by atoms with Crippen molar-refractivity contribution in [3.8, 4) is 5.75 Å². The normalized spacial score (nSPS) is 12.7. The SMILES string of the molecule is C=CCNC(=O)/N=C(C)/C=C(\N)Oc1c(Cl)cc(C(F)(F)F)cc1Cl. The molecular weight excluding hydrogens is 382 g/mol. The van der Waals surface area contributed by atoms with Gasteiger partial charge < -0.3 is 15.8 Å². The van der Waals surface area contributed by atoms with Gasteiger partial charge >= 0.3 is 12.2 Å². The van der Waals surface area contributed by atoms with Crippen LogP contribution < -0.4 is 15.8 Å². The molecule has 25 heavy (non-hydrogen) atoms. The van der Waals surface area contributed by atoms with Crippen LogP contribution in [0.1, 0.15) is 12.5 Å². The first-order valence-electron chi connectivity index (χ1n) is 6.70. The van der Waals surface area contributed by atoms with Gasteiger partial charge in [-0.2, -0.15) is 18.2 Å². The van der Waals surface area contributed by atoms with Crippen LogP contribution in [-0.2, 0) is 6.18 Å². The lowest BCUT2D eigenvalue weighted by molar-refractivity contribution is -0.137. The Balaban J connectivity index is 2.96. The molecule has 2 amide bonds. The van der Waals surface area contributed by atoms with E-state index in [0.717, 1.165) is 0 Å². The van der Waals surface area contributed by atoms with Crippen molar-refractivity contribution in [2.45, 2.75) is 13.1 Å². The molecule has 0 aliphatic rings. The molecule has 0 bridgehead atoms. The van der Waals surface area contributed by atoms with Crippen molar-refractivity contribution >= 4 is 34.9 Å². The summed E-state index contributed by atoms with van der Waals surface area (Å²) in [6, 6.07) is 0.714. The molecule has 0 saturated carbocycles. The molecule has 5 nitrogen and oxygen atoms in total. The van der Waals surface area contributed by atoms with Crippen LogP contribution in [0.5, 0.6) is 5.75 Å². The molecule has 0 unspecified atom stereocenters. The predicted molar refractivity (Wildman–Crippen MR) is 91.1 cm³/mol. The third kappa shape index (κ3) is 6.67. The average molecular weight is 396 g/mol. The van der Waals surface area contributed by atoms with E-state index in [4.69, 9.17) is 33.7 Å². The lowest BCUT2D eigenvalue weighted by Crippen LogP contribution is -2.20. The maximum absolute atomic E-state index is 12.7. The Morgan fingerprint density at radius 3 is 2.44 bits per heavy atom. The van der Waals surface area contributed by atoms with Crippen LogP contribution in [0.3, 0.4) is 0 Å². The topological polar surface area (TPSA) is 76.7 Å². The molecule has 0 saturated heterocycles. The van der Waals surface area contributed by atoms with Gasteiger partial charge in [0.05, 0.1) is 15.6 Å². The second-order valence-electron chi connectivity index (χ2n) is 4.64. The van der Waals surface area contributed by atoms with Crippen LogP contribution in [-0.4, -0.2) is 18.3 Å². The highest BCUT2D eigenvalue weighted by Crippen LogP contribution is 2.40. The molecule has 0 fully saturated rings. The number of hydrogen-bond acceptors (Lipinski definition) is 3. The van der Waals surface area contributed by atoms with Crippen LogP contribution in [0.25, 0.3) is 0 Å². The smallest absolute Gasteiger partial charge is 0.416 e. The highest BCUT2D eigenvalue weighted by molar-refractivity contribution is 6.37. The van der Waals surface area contributed by atoms with E-state index in [2.05, 4.69) is 16.9 Å². The van der Waals surface area contributed by atoms with E-state index in [0.29, 0.717) is 12.1 Å². The van der Waals surface area contributed by atoms with E-state index in [1.165, 1.54) is 19.1 Å². The molecule has 1 aromatic rings. The number of nitrogens with two attached hydrogens (primary N) is 1. The van der Waals surface area contributed by atoms with Gasteiger partial charge in [-0.3, -0.25) is 0 Å². The second-order valence-corrected chi connectivity index (χ2v) is 5.46. The highest BCUT2D eigenvalue weighted by Gasteiger charge is 2.32. The minimum Gasteiger partial charge on any atom is -0.438 e. The molecule has 0 aliphatic heterocycles. The van der Waals surface area contributed by atoms with Gasteiger partial charge in [0.15, 0.2) is 11.6 Å². The Bertz CT molecular complexity index is 708. The molecular formula is C15H14Cl2F3N3O2. The number of rotatable bonds is 5. The summed E-state index contributed by atoms with van der Waals surface area (Å²) in [5.74, 6) is -0.504. The standard InChI is InChI=1S/C15H14Cl2F3N3O2/c1-3-4-22-14(24)23-8(2)5-12(21)25-13-10(16)6-9(7-11(13)17)15(18,19)20/h3,5-7H,1,4,21H2,2H3,(H,22,24)/b12-5+,23-8+. The van der Waals surface area contributed by atoms with E-state index < -0.39 is 17.8 Å². The predicted octanol–water partition coefficient (Wildman–Crippen LogP) is 4.55. The van der Waals surface area contributed by atoms with Crippen LogP contribution in [0.2, 0.25) is 10.0 Å². The Labute approximate surface area is 151 Å². The van der Waals surface area contributed by atoms with Crippen LogP contribution >= 0.6 is 23.2 Å². The zero-order chi connectivity index (χ0) is 19.2. The fourth-order valence-electron chi connectivity index (χ4n) is 1.57. The van der Waals surface area contributed by atoms with E-state index in [9.17, 15) is 18.0 Å². The zero-order valence-electron chi connectivity index (χ0n) is 13.0. The summed E-state index contributed by atoms with van der Waals surface area (Å²) in [7, 11) is 0.